The topological polar surface area (TPSA) is 67.8 Å². The van der Waals surface area contributed by atoms with E-state index in [9.17, 15) is 9.90 Å². The van der Waals surface area contributed by atoms with E-state index < -0.39 is 5.60 Å². The molecule has 0 spiro atoms. The van der Waals surface area contributed by atoms with Crippen LogP contribution in [0.4, 0.5) is 0 Å². The van der Waals surface area contributed by atoms with E-state index in [1.807, 2.05) is 0 Å². The maximum absolute atomic E-state index is 12.1. The van der Waals surface area contributed by atoms with E-state index in [2.05, 4.69) is 12.2 Å². The molecule has 1 aromatic rings. The van der Waals surface area contributed by atoms with Gasteiger partial charge in [-0.1, -0.05) is 13.3 Å². The van der Waals surface area contributed by atoms with Crippen molar-refractivity contribution >= 4 is 5.91 Å². The summed E-state index contributed by atoms with van der Waals surface area (Å²) >= 11 is 0. The van der Waals surface area contributed by atoms with Gasteiger partial charge < -0.3 is 19.9 Å². The number of benzene rings is 1. The van der Waals surface area contributed by atoms with Crippen molar-refractivity contribution in [3.8, 4) is 5.75 Å². The molecular weight excluding hydrogens is 282 g/mol. The maximum atomic E-state index is 12.1. The van der Waals surface area contributed by atoms with Crippen LogP contribution in [0.3, 0.4) is 0 Å². The van der Waals surface area contributed by atoms with E-state index in [1.165, 1.54) is 0 Å². The van der Waals surface area contributed by atoms with Gasteiger partial charge in [-0.2, -0.15) is 0 Å². The zero-order valence-electron chi connectivity index (χ0n) is 13.1. The Balaban J connectivity index is 1.81. The molecule has 1 aliphatic heterocycles. The molecule has 2 rings (SSSR count). The lowest BCUT2D eigenvalue weighted by Crippen LogP contribution is -2.46. The lowest BCUT2D eigenvalue weighted by molar-refractivity contribution is -0.0605. The summed E-state index contributed by atoms with van der Waals surface area (Å²) in [6.45, 7) is 4.14. The van der Waals surface area contributed by atoms with Crippen molar-refractivity contribution in [1.82, 2.24) is 5.32 Å². The third-order valence-corrected chi connectivity index (χ3v) is 3.88. The van der Waals surface area contributed by atoms with Crippen molar-refractivity contribution < 1.29 is 19.4 Å². The quantitative estimate of drug-likeness (QED) is 0.757. The van der Waals surface area contributed by atoms with Crippen LogP contribution in [0.5, 0.6) is 5.75 Å². The second kappa shape index (κ2) is 8.15. The molecule has 1 aromatic carbocycles. The minimum absolute atomic E-state index is 0.181. The van der Waals surface area contributed by atoms with Crippen LogP contribution in [0.25, 0.3) is 0 Å². The molecule has 1 aliphatic rings. The predicted octanol–water partition coefficient (Wildman–Crippen LogP) is 2.14. The first-order chi connectivity index (χ1) is 10.6. The van der Waals surface area contributed by atoms with Gasteiger partial charge in [0.1, 0.15) is 5.75 Å². The third-order valence-electron chi connectivity index (χ3n) is 3.88. The number of amides is 1. The highest BCUT2D eigenvalue weighted by atomic mass is 16.5. The van der Waals surface area contributed by atoms with E-state index in [0.29, 0.717) is 38.2 Å². The molecular formula is C17H25NO4. The van der Waals surface area contributed by atoms with Crippen LogP contribution in [-0.4, -0.2) is 43.0 Å². The van der Waals surface area contributed by atoms with Crippen LogP contribution in [0.1, 0.15) is 43.0 Å². The van der Waals surface area contributed by atoms with Gasteiger partial charge in [-0.05, 0) is 30.7 Å². The largest absolute Gasteiger partial charge is 0.494 e. The molecule has 1 fully saturated rings. The van der Waals surface area contributed by atoms with Crippen molar-refractivity contribution in [2.24, 2.45) is 0 Å². The summed E-state index contributed by atoms with van der Waals surface area (Å²) in [6.07, 6.45) is 3.22. The number of hydrogen-bond donors (Lipinski definition) is 2. The first-order valence-corrected chi connectivity index (χ1v) is 7.94. The first kappa shape index (κ1) is 16.8. The average Bonchev–Trinajstić information content (AvgIpc) is 2.54. The number of ether oxygens (including phenoxy) is 2. The number of hydrogen-bond acceptors (Lipinski definition) is 4. The van der Waals surface area contributed by atoms with Gasteiger partial charge in [0.15, 0.2) is 0 Å². The van der Waals surface area contributed by atoms with Crippen LogP contribution in [0, 0.1) is 0 Å². The van der Waals surface area contributed by atoms with Gasteiger partial charge >= 0.3 is 0 Å². The number of carbonyl (C=O) groups is 1. The van der Waals surface area contributed by atoms with Gasteiger partial charge in [-0.25, -0.2) is 0 Å². The van der Waals surface area contributed by atoms with E-state index in [4.69, 9.17) is 9.47 Å². The minimum Gasteiger partial charge on any atom is -0.494 e. The Kier molecular flexibility index (Phi) is 6.21. The van der Waals surface area contributed by atoms with Gasteiger partial charge in [-0.15, -0.1) is 0 Å². The summed E-state index contributed by atoms with van der Waals surface area (Å²) in [4.78, 5) is 12.1. The molecule has 0 aromatic heterocycles. The Hall–Kier alpha value is -1.59. The van der Waals surface area contributed by atoms with Gasteiger partial charge in [0.05, 0.1) is 12.2 Å². The number of carbonyl (C=O) groups excluding carboxylic acids is 1. The van der Waals surface area contributed by atoms with Crippen LogP contribution in [0.15, 0.2) is 24.3 Å². The van der Waals surface area contributed by atoms with Gasteiger partial charge in [0, 0.05) is 38.2 Å². The summed E-state index contributed by atoms with van der Waals surface area (Å²) in [5, 5.41) is 13.1. The SMILES string of the molecule is CCCCOc1ccc(C(=O)NCC2(O)CCOCC2)cc1. The van der Waals surface area contributed by atoms with Gasteiger partial charge in [-0.3, -0.25) is 4.79 Å². The highest BCUT2D eigenvalue weighted by molar-refractivity contribution is 5.94. The molecule has 0 unspecified atom stereocenters. The van der Waals surface area contributed by atoms with Crippen molar-refractivity contribution in [2.45, 2.75) is 38.2 Å². The van der Waals surface area contributed by atoms with Crippen LogP contribution < -0.4 is 10.1 Å². The molecule has 0 radical (unpaired) electrons. The van der Waals surface area contributed by atoms with E-state index in [1.54, 1.807) is 24.3 Å². The molecule has 0 atom stereocenters. The monoisotopic (exact) mass is 307 g/mol. The number of unbranched alkanes of at least 4 members (excludes halogenated alkanes) is 1. The Labute approximate surface area is 131 Å². The van der Waals surface area contributed by atoms with Gasteiger partial charge in [0.2, 0.25) is 0 Å². The smallest absolute Gasteiger partial charge is 0.251 e. The molecule has 0 aliphatic carbocycles. The predicted molar refractivity (Wildman–Crippen MR) is 84.2 cm³/mol. The maximum Gasteiger partial charge on any atom is 0.251 e. The molecule has 5 heteroatoms. The fourth-order valence-corrected chi connectivity index (χ4v) is 2.31. The van der Waals surface area contributed by atoms with E-state index in [-0.39, 0.29) is 12.5 Å². The van der Waals surface area contributed by atoms with E-state index >= 15 is 0 Å². The Morgan fingerprint density at radius 2 is 2.00 bits per heavy atom. The third kappa shape index (κ3) is 5.00. The van der Waals surface area contributed by atoms with Crippen LogP contribution >= 0.6 is 0 Å². The molecule has 0 saturated carbocycles. The fraction of sp³-hybridized carbons (Fsp3) is 0.588. The van der Waals surface area contributed by atoms with Crippen LogP contribution in [0.2, 0.25) is 0 Å². The molecule has 5 nitrogen and oxygen atoms in total. The van der Waals surface area contributed by atoms with E-state index in [0.717, 1.165) is 18.6 Å². The first-order valence-electron chi connectivity index (χ1n) is 7.94. The second-order valence-electron chi connectivity index (χ2n) is 5.75. The van der Waals surface area contributed by atoms with Crippen LogP contribution in [-0.2, 0) is 4.74 Å². The molecule has 0 bridgehead atoms. The average molecular weight is 307 g/mol. The number of nitrogens with one attached hydrogen (secondary N) is 1. The summed E-state index contributed by atoms with van der Waals surface area (Å²) in [5.74, 6) is 0.591. The van der Waals surface area contributed by atoms with Crippen molar-refractivity contribution in [3.05, 3.63) is 29.8 Å². The molecule has 22 heavy (non-hydrogen) atoms. The zero-order chi connectivity index (χ0) is 15.8. The fourth-order valence-electron chi connectivity index (χ4n) is 2.31. The zero-order valence-corrected chi connectivity index (χ0v) is 13.1. The van der Waals surface area contributed by atoms with Crippen molar-refractivity contribution in [1.29, 1.82) is 0 Å². The summed E-state index contributed by atoms with van der Waals surface area (Å²) in [6, 6.07) is 7.08. The normalized spacial score (nSPS) is 17.0. The van der Waals surface area contributed by atoms with Crippen molar-refractivity contribution in [2.75, 3.05) is 26.4 Å². The Bertz CT molecular complexity index is 466. The lowest BCUT2D eigenvalue weighted by atomic mass is 9.94. The summed E-state index contributed by atoms with van der Waals surface area (Å²) in [5.41, 5.74) is -0.282. The molecule has 1 saturated heterocycles. The highest BCUT2D eigenvalue weighted by Gasteiger charge is 2.30. The molecule has 2 N–H and O–H groups in total. The van der Waals surface area contributed by atoms with Gasteiger partial charge in [0.25, 0.3) is 5.91 Å². The van der Waals surface area contributed by atoms with Crippen molar-refractivity contribution in [3.63, 3.8) is 0 Å². The summed E-state index contributed by atoms with van der Waals surface area (Å²) < 4.78 is 10.8. The lowest BCUT2D eigenvalue weighted by Gasteiger charge is -2.32. The Morgan fingerprint density at radius 1 is 1.32 bits per heavy atom. The minimum atomic E-state index is -0.850. The standard InChI is InChI=1S/C17H25NO4/c1-2-3-10-22-15-6-4-14(5-7-15)16(19)18-13-17(20)8-11-21-12-9-17/h4-7,20H,2-3,8-13H2,1H3,(H,18,19). The number of aliphatic hydroxyl groups is 1. The molecule has 122 valence electrons. The number of rotatable bonds is 7. The summed E-state index contributed by atoms with van der Waals surface area (Å²) in [7, 11) is 0. The second-order valence-corrected chi connectivity index (χ2v) is 5.75. The molecule has 1 heterocycles. The molecule has 1 amide bonds. The Morgan fingerprint density at radius 3 is 2.64 bits per heavy atom. The highest BCUT2D eigenvalue weighted by Crippen LogP contribution is 2.19.